The number of hydrogen-bond donors (Lipinski definition) is 2. The molecule has 0 saturated carbocycles. The molecule has 0 rings (SSSR count). The second kappa shape index (κ2) is 2.72. The van der Waals surface area contributed by atoms with E-state index < -0.39 is 0 Å². The van der Waals surface area contributed by atoms with Gasteiger partial charge < -0.3 is 10.5 Å². The van der Waals surface area contributed by atoms with Gasteiger partial charge in [-0.3, -0.25) is 0 Å². The van der Waals surface area contributed by atoms with Crippen LogP contribution in [0.4, 0.5) is 0 Å². The van der Waals surface area contributed by atoms with E-state index in [0.29, 0.717) is 0 Å². The molecule has 46 valence electrons. The lowest BCUT2D eigenvalue weighted by atomic mass is 10.3. The highest BCUT2D eigenvalue weighted by molar-refractivity contribution is 6.42. The van der Waals surface area contributed by atoms with Crippen LogP contribution in [0.1, 0.15) is 13.8 Å². The molecule has 0 spiro atoms. The Balaban J connectivity index is 4.23. The average Bonchev–Trinajstić information content (AvgIpc) is 1.64. The molecule has 0 bridgehead atoms. The van der Waals surface area contributed by atoms with Gasteiger partial charge in [-0.15, -0.1) is 0 Å². The van der Waals surface area contributed by atoms with Crippen molar-refractivity contribution in [1.82, 2.24) is 0 Å². The van der Waals surface area contributed by atoms with Crippen molar-refractivity contribution in [3.05, 3.63) is 10.8 Å². The van der Waals surface area contributed by atoms with Crippen LogP contribution in [0.15, 0.2) is 10.8 Å². The Labute approximate surface area is 53.3 Å². The Bertz CT molecular complexity index is 135. The summed E-state index contributed by atoms with van der Waals surface area (Å²) in [5, 5.41) is 15.6. The Morgan fingerprint density at radius 1 is 1.50 bits per heavy atom. The summed E-state index contributed by atoms with van der Waals surface area (Å²) < 4.78 is 0. The Hall–Kier alpha value is -0.500. The van der Waals surface area contributed by atoms with Crippen LogP contribution < -0.4 is 0 Å². The van der Waals surface area contributed by atoms with Gasteiger partial charge in [-0.05, 0) is 13.8 Å². The van der Waals surface area contributed by atoms with E-state index in [1.807, 2.05) is 0 Å². The van der Waals surface area contributed by atoms with Crippen molar-refractivity contribution in [2.24, 2.45) is 0 Å². The molecule has 0 aliphatic carbocycles. The summed E-state index contributed by atoms with van der Waals surface area (Å²) in [6.45, 7) is 2.96. The Morgan fingerprint density at radius 2 is 1.88 bits per heavy atom. The molecule has 0 saturated heterocycles. The molecule has 0 aromatic heterocycles. The quantitative estimate of drug-likeness (QED) is 0.417. The third-order valence-corrected chi connectivity index (χ3v) is 1.20. The highest BCUT2D eigenvalue weighted by atomic mass is 35.5. The Kier molecular flexibility index (Phi) is 2.55. The van der Waals surface area contributed by atoms with E-state index in [9.17, 15) is 0 Å². The summed E-state index contributed by atoms with van der Waals surface area (Å²) >= 11 is 5.36. The molecule has 0 aliphatic heterocycles. The van der Waals surface area contributed by atoms with Crippen molar-refractivity contribution in [2.45, 2.75) is 13.8 Å². The molecule has 0 amide bonds. The minimum atomic E-state index is -0.000772. The zero-order chi connectivity index (χ0) is 6.73. The van der Waals surface area contributed by atoms with Crippen LogP contribution in [0.3, 0.4) is 0 Å². The fourth-order valence-corrected chi connectivity index (χ4v) is 0.271. The van der Waals surface area contributed by atoms with Gasteiger partial charge in [-0.25, -0.2) is 0 Å². The van der Waals surface area contributed by atoms with Gasteiger partial charge in [0.2, 0.25) is 0 Å². The van der Waals surface area contributed by atoms with Gasteiger partial charge >= 0.3 is 0 Å². The van der Waals surface area contributed by atoms with Gasteiger partial charge in [0, 0.05) is 0 Å². The van der Waals surface area contributed by atoms with Crippen molar-refractivity contribution in [3.63, 3.8) is 0 Å². The molecular formula is C5H8ClNO. The van der Waals surface area contributed by atoms with E-state index in [0.717, 1.165) is 0 Å². The highest BCUT2D eigenvalue weighted by Crippen LogP contribution is 2.06. The number of allylic oxidation sites excluding steroid dienone is 2. The summed E-state index contributed by atoms with van der Waals surface area (Å²) in [6.07, 6.45) is 0. The van der Waals surface area contributed by atoms with Crippen molar-refractivity contribution in [1.29, 1.82) is 5.41 Å². The summed E-state index contributed by atoms with van der Waals surface area (Å²) in [5.74, 6) is -0.000772. The first-order valence-corrected chi connectivity index (χ1v) is 2.54. The van der Waals surface area contributed by atoms with E-state index in [2.05, 4.69) is 0 Å². The molecular weight excluding hydrogens is 126 g/mol. The first-order valence-electron chi connectivity index (χ1n) is 2.16. The normalized spacial score (nSPS) is 12.9. The van der Waals surface area contributed by atoms with E-state index in [1.54, 1.807) is 0 Å². The van der Waals surface area contributed by atoms with Crippen LogP contribution in [0.5, 0.6) is 0 Å². The second-order valence-electron chi connectivity index (χ2n) is 1.52. The first-order chi connectivity index (χ1) is 3.55. The minimum absolute atomic E-state index is 0.000772. The molecule has 2 N–H and O–H groups in total. The molecule has 2 nitrogen and oxygen atoms in total. The lowest BCUT2D eigenvalue weighted by Gasteiger charge is -1.93. The average molecular weight is 134 g/mol. The van der Waals surface area contributed by atoms with Crippen LogP contribution in [-0.4, -0.2) is 10.8 Å². The van der Waals surface area contributed by atoms with Crippen molar-refractivity contribution in [2.75, 3.05) is 0 Å². The van der Waals surface area contributed by atoms with Crippen LogP contribution in [0.25, 0.3) is 0 Å². The monoisotopic (exact) mass is 133 g/mol. The van der Waals surface area contributed by atoms with E-state index in [1.165, 1.54) is 13.8 Å². The number of hydrogen-bond acceptors (Lipinski definition) is 2. The zero-order valence-corrected chi connectivity index (χ0v) is 5.58. The van der Waals surface area contributed by atoms with E-state index in [-0.39, 0.29) is 16.5 Å². The minimum Gasteiger partial charge on any atom is -0.511 e. The lowest BCUT2D eigenvalue weighted by molar-refractivity contribution is 0.413. The number of aliphatic hydroxyl groups is 1. The van der Waals surface area contributed by atoms with E-state index in [4.69, 9.17) is 22.1 Å². The predicted molar refractivity (Wildman–Crippen MR) is 34.6 cm³/mol. The van der Waals surface area contributed by atoms with Gasteiger partial charge in [0.15, 0.2) is 0 Å². The molecule has 0 heterocycles. The molecule has 0 aromatic carbocycles. The summed E-state index contributed by atoms with van der Waals surface area (Å²) in [4.78, 5) is 0. The van der Waals surface area contributed by atoms with Gasteiger partial charge in [0.1, 0.15) is 5.76 Å². The third kappa shape index (κ3) is 1.98. The topological polar surface area (TPSA) is 44.1 Å². The molecule has 0 unspecified atom stereocenters. The Morgan fingerprint density at radius 3 is 1.88 bits per heavy atom. The summed E-state index contributed by atoms with van der Waals surface area (Å²) in [7, 11) is 0. The molecule has 8 heavy (non-hydrogen) atoms. The fourth-order valence-electron chi connectivity index (χ4n) is 0.271. The molecule has 0 atom stereocenters. The zero-order valence-electron chi connectivity index (χ0n) is 4.83. The van der Waals surface area contributed by atoms with Crippen LogP contribution in [0.2, 0.25) is 0 Å². The maximum absolute atomic E-state index is 8.60. The first kappa shape index (κ1) is 7.50. The lowest BCUT2D eigenvalue weighted by Crippen LogP contribution is -1.90. The summed E-state index contributed by atoms with van der Waals surface area (Å²) in [6, 6.07) is 0. The standard InChI is InChI=1S/C5H8ClNO/c1-3(7)5(6)4(2)8/h7-8H,1-2H3/b5-4+,7-3?. The maximum Gasteiger partial charge on any atom is 0.110 e. The van der Waals surface area contributed by atoms with Gasteiger partial charge in [0.05, 0.1) is 10.7 Å². The summed E-state index contributed by atoms with van der Waals surface area (Å²) in [5.41, 5.74) is 0.187. The molecule has 0 fully saturated rings. The second-order valence-corrected chi connectivity index (χ2v) is 1.90. The fraction of sp³-hybridized carbons (Fsp3) is 0.400. The van der Waals surface area contributed by atoms with Gasteiger partial charge in [0.25, 0.3) is 0 Å². The third-order valence-electron chi connectivity index (χ3n) is 0.647. The van der Waals surface area contributed by atoms with Crippen molar-refractivity contribution >= 4 is 17.3 Å². The van der Waals surface area contributed by atoms with Crippen LogP contribution >= 0.6 is 11.6 Å². The predicted octanol–water partition coefficient (Wildman–Crippen LogP) is 2.05. The van der Waals surface area contributed by atoms with Crippen molar-refractivity contribution in [3.8, 4) is 0 Å². The SMILES string of the molecule is CC(=N)/C(Cl)=C(/C)O. The largest absolute Gasteiger partial charge is 0.511 e. The highest BCUT2D eigenvalue weighted by Gasteiger charge is 1.97. The molecule has 0 aliphatic rings. The van der Waals surface area contributed by atoms with Crippen LogP contribution in [-0.2, 0) is 0 Å². The number of halogens is 1. The smallest absolute Gasteiger partial charge is 0.110 e. The maximum atomic E-state index is 8.60. The van der Waals surface area contributed by atoms with E-state index >= 15 is 0 Å². The molecule has 0 aromatic rings. The number of rotatable bonds is 1. The van der Waals surface area contributed by atoms with Crippen molar-refractivity contribution < 1.29 is 5.11 Å². The number of aliphatic hydroxyl groups excluding tert-OH is 1. The van der Waals surface area contributed by atoms with Gasteiger partial charge in [-0.1, -0.05) is 11.6 Å². The molecule has 3 heteroatoms. The number of nitrogens with one attached hydrogen (secondary N) is 1. The van der Waals surface area contributed by atoms with Gasteiger partial charge in [-0.2, -0.15) is 0 Å². The molecule has 0 radical (unpaired) electrons. The van der Waals surface area contributed by atoms with Crippen LogP contribution in [0, 0.1) is 5.41 Å².